The van der Waals surface area contributed by atoms with Gasteiger partial charge in [-0.3, -0.25) is 4.79 Å². The van der Waals surface area contributed by atoms with Gasteiger partial charge in [-0.15, -0.1) is 0 Å². The Morgan fingerprint density at radius 1 is 1.50 bits per heavy atom. The number of hydrogen-bond donors (Lipinski definition) is 2. The van der Waals surface area contributed by atoms with Crippen LogP contribution in [0.2, 0.25) is 5.02 Å². The van der Waals surface area contributed by atoms with E-state index in [1.54, 1.807) is 18.2 Å². The summed E-state index contributed by atoms with van der Waals surface area (Å²) in [4.78, 5) is 11.8. The molecule has 0 aliphatic carbocycles. The fourth-order valence-corrected chi connectivity index (χ4v) is 2.09. The van der Waals surface area contributed by atoms with E-state index >= 15 is 0 Å². The Morgan fingerprint density at radius 2 is 2.20 bits per heavy atom. The number of hydrogen-bond acceptors (Lipinski definition) is 3. The number of rotatable bonds is 7. The smallest absolute Gasteiger partial charge is 0.257 e. The summed E-state index contributed by atoms with van der Waals surface area (Å²) >= 11 is 10.9. The lowest BCUT2D eigenvalue weighted by Gasteiger charge is -2.12. The van der Waals surface area contributed by atoms with Gasteiger partial charge in [0.15, 0.2) is 6.61 Å². The zero-order valence-corrected chi connectivity index (χ0v) is 13.2. The van der Waals surface area contributed by atoms with Crippen LogP contribution in [0.4, 0.5) is 0 Å². The highest BCUT2D eigenvalue weighted by atomic mass is 35.5. The number of carbonyl (C=O) groups is 1. The summed E-state index contributed by atoms with van der Waals surface area (Å²) in [5, 5.41) is 3.20. The van der Waals surface area contributed by atoms with Gasteiger partial charge in [0, 0.05) is 6.54 Å². The molecule has 0 unspecified atom stereocenters. The van der Waals surface area contributed by atoms with Crippen LogP contribution in [0.25, 0.3) is 0 Å². The number of halogens is 1. The second-order valence-corrected chi connectivity index (χ2v) is 5.65. The minimum Gasteiger partial charge on any atom is -0.483 e. The van der Waals surface area contributed by atoms with Crippen LogP contribution in [-0.2, 0) is 4.79 Å². The molecule has 1 amide bonds. The molecule has 1 rings (SSSR count). The Balaban J connectivity index is 2.55. The normalized spacial score (nSPS) is 10.4. The maximum absolute atomic E-state index is 11.6. The van der Waals surface area contributed by atoms with Crippen LogP contribution in [0, 0.1) is 5.92 Å². The first-order valence-corrected chi connectivity index (χ1v) is 7.18. The average molecular weight is 315 g/mol. The minimum absolute atomic E-state index is 0.0892. The number of nitrogens with one attached hydrogen (secondary N) is 1. The molecule has 0 aliphatic rings. The fraction of sp³-hybridized carbons (Fsp3) is 0.429. The van der Waals surface area contributed by atoms with E-state index in [-0.39, 0.29) is 17.5 Å². The van der Waals surface area contributed by atoms with Crippen molar-refractivity contribution in [3.63, 3.8) is 0 Å². The molecule has 0 radical (unpaired) electrons. The van der Waals surface area contributed by atoms with Gasteiger partial charge in [0.2, 0.25) is 0 Å². The number of carbonyl (C=O) groups excluding carboxylic acids is 1. The predicted molar refractivity (Wildman–Crippen MR) is 85.3 cm³/mol. The summed E-state index contributed by atoms with van der Waals surface area (Å²) in [7, 11) is 0. The van der Waals surface area contributed by atoms with Crippen LogP contribution < -0.4 is 15.8 Å². The maximum atomic E-state index is 11.6. The summed E-state index contributed by atoms with van der Waals surface area (Å²) < 4.78 is 5.43. The largest absolute Gasteiger partial charge is 0.483 e. The highest BCUT2D eigenvalue weighted by Gasteiger charge is 2.12. The lowest BCUT2D eigenvalue weighted by Crippen LogP contribution is -2.30. The molecule has 0 heterocycles. The van der Waals surface area contributed by atoms with E-state index in [1.165, 1.54) is 0 Å². The standard InChI is InChI=1S/C14H19ClN2O2S/c1-9(2)6-7-17-12(18)8-19-11-5-3-4-10(15)13(11)14(16)20/h3-5,9H,6-8H2,1-2H3,(H2,16,20)(H,17,18). The number of benzene rings is 1. The van der Waals surface area contributed by atoms with E-state index in [1.807, 2.05) is 0 Å². The van der Waals surface area contributed by atoms with Crippen molar-refractivity contribution in [3.8, 4) is 5.75 Å². The topological polar surface area (TPSA) is 64.3 Å². The van der Waals surface area contributed by atoms with Gasteiger partial charge in [0.05, 0.1) is 10.6 Å². The Kier molecular flexibility index (Phi) is 6.75. The molecule has 1 aromatic rings. The fourth-order valence-electron chi connectivity index (χ4n) is 1.56. The first kappa shape index (κ1) is 16.7. The van der Waals surface area contributed by atoms with Crippen molar-refractivity contribution in [1.82, 2.24) is 5.32 Å². The third-order valence-corrected chi connectivity index (χ3v) is 3.14. The highest BCUT2D eigenvalue weighted by molar-refractivity contribution is 7.80. The molecule has 0 aromatic heterocycles. The number of nitrogens with two attached hydrogens (primary N) is 1. The zero-order chi connectivity index (χ0) is 15.1. The molecule has 0 saturated carbocycles. The van der Waals surface area contributed by atoms with Crippen molar-refractivity contribution < 1.29 is 9.53 Å². The molecular weight excluding hydrogens is 296 g/mol. The Morgan fingerprint density at radius 3 is 2.80 bits per heavy atom. The van der Waals surface area contributed by atoms with Crippen molar-refractivity contribution in [1.29, 1.82) is 0 Å². The number of amides is 1. The van der Waals surface area contributed by atoms with Crippen molar-refractivity contribution in [3.05, 3.63) is 28.8 Å². The Hall–Kier alpha value is -1.33. The van der Waals surface area contributed by atoms with Crippen molar-refractivity contribution in [2.45, 2.75) is 20.3 Å². The van der Waals surface area contributed by atoms with E-state index in [9.17, 15) is 4.79 Å². The SMILES string of the molecule is CC(C)CCNC(=O)COc1cccc(Cl)c1C(N)=S. The van der Waals surface area contributed by atoms with Gasteiger partial charge < -0.3 is 15.8 Å². The predicted octanol–water partition coefficient (Wildman–Crippen LogP) is 2.52. The molecule has 20 heavy (non-hydrogen) atoms. The molecule has 0 bridgehead atoms. The highest BCUT2D eigenvalue weighted by Crippen LogP contribution is 2.26. The lowest BCUT2D eigenvalue weighted by molar-refractivity contribution is -0.123. The maximum Gasteiger partial charge on any atom is 0.257 e. The molecule has 3 N–H and O–H groups in total. The summed E-state index contributed by atoms with van der Waals surface area (Å²) in [5.74, 6) is 0.786. The van der Waals surface area contributed by atoms with Crippen molar-refractivity contribution >= 4 is 34.7 Å². The van der Waals surface area contributed by atoms with Gasteiger partial charge in [0.1, 0.15) is 10.7 Å². The summed E-state index contributed by atoms with van der Waals surface area (Å²) in [6.07, 6.45) is 0.932. The molecule has 4 nitrogen and oxygen atoms in total. The molecule has 1 aromatic carbocycles. The molecule has 0 atom stereocenters. The monoisotopic (exact) mass is 314 g/mol. The quantitative estimate of drug-likeness (QED) is 0.759. The van der Waals surface area contributed by atoms with Crippen LogP contribution in [0.3, 0.4) is 0 Å². The van der Waals surface area contributed by atoms with Crippen molar-refractivity contribution in [2.24, 2.45) is 11.7 Å². The van der Waals surface area contributed by atoms with Crippen LogP contribution >= 0.6 is 23.8 Å². The third-order valence-electron chi connectivity index (χ3n) is 2.62. The first-order chi connectivity index (χ1) is 9.41. The van der Waals surface area contributed by atoms with Crippen LogP contribution in [0.15, 0.2) is 18.2 Å². The van der Waals surface area contributed by atoms with E-state index < -0.39 is 0 Å². The summed E-state index contributed by atoms with van der Waals surface area (Å²) in [6.45, 7) is 4.75. The Bertz CT molecular complexity index is 492. The van der Waals surface area contributed by atoms with Gasteiger partial charge in [-0.25, -0.2) is 0 Å². The van der Waals surface area contributed by atoms with Crippen LogP contribution in [-0.4, -0.2) is 24.0 Å². The molecule has 6 heteroatoms. The van der Waals surface area contributed by atoms with E-state index in [4.69, 9.17) is 34.3 Å². The van der Waals surface area contributed by atoms with Gasteiger partial charge >= 0.3 is 0 Å². The second-order valence-electron chi connectivity index (χ2n) is 4.80. The molecule has 0 saturated heterocycles. The van der Waals surface area contributed by atoms with E-state index in [0.717, 1.165) is 6.42 Å². The summed E-state index contributed by atoms with van der Waals surface area (Å²) in [5.41, 5.74) is 6.06. The molecule has 0 spiro atoms. The van der Waals surface area contributed by atoms with Crippen molar-refractivity contribution in [2.75, 3.05) is 13.2 Å². The minimum atomic E-state index is -0.181. The molecule has 0 aliphatic heterocycles. The zero-order valence-electron chi connectivity index (χ0n) is 11.6. The number of ether oxygens (including phenoxy) is 1. The summed E-state index contributed by atoms with van der Waals surface area (Å²) in [6, 6.07) is 5.07. The average Bonchev–Trinajstić information content (AvgIpc) is 2.35. The van der Waals surface area contributed by atoms with E-state index in [2.05, 4.69) is 19.2 Å². The van der Waals surface area contributed by atoms with Gasteiger partial charge in [0.25, 0.3) is 5.91 Å². The molecule has 0 fully saturated rings. The Labute approximate surface area is 129 Å². The number of thiocarbonyl (C=S) groups is 1. The third kappa shape index (κ3) is 5.35. The van der Waals surface area contributed by atoms with Crippen LogP contribution in [0.5, 0.6) is 5.75 Å². The first-order valence-electron chi connectivity index (χ1n) is 6.39. The molecule has 110 valence electrons. The van der Waals surface area contributed by atoms with E-state index in [0.29, 0.717) is 28.8 Å². The van der Waals surface area contributed by atoms with Gasteiger partial charge in [-0.05, 0) is 24.5 Å². The van der Waals surface area contributed by atoms with Gasteiger partial charge in [-0.1, -0.05) is 43.7 Å². The lowest BCUT2D eigenvalue weighted by atomic mass is 10.1. The molecular formula is C14H19ClN2O2S. The second kappa shape index (κ2) is 8.07. The van der Waals surface area contributed by atoms with Crippen LogP contribution in [0.1, 0.15) is 25.8 Å². The van der Waals surface area contributed by atoms with Gasteiger partial charge in [-0.2, -0.15) is 0 Å².